The third-order valence-electron chi connectivity index (χ3n) is 4.38. The van der Waals surface area contributed by atoms with Gasteiger partial charge in [0.1, 0.15) is 12.3 Å². The summed E-state index contributed by atoms with van der Waals surface area (Å²) in [6.45, 7) is 2.50. The van der Waals surface area contributed by atoms with Crippen LogP contribution in [0.25, 0.3) is 0 Å². The monoisotopic (exact) mass is 342 g/mol. The van der Waals surface area contributed by atoms with Gasteiger partial charge in [-0.25, -0.2) is 0 Å². The fourth-order valence-electron chi connectivity index (χ4n) is 3.15. The molecule has 25 heavy (non-hydrogen) atoms. The third-order valence-corrected chi connectivity index (χ3v) is 4.38. The number of amides is 1. The number of hydrogen-bond donors (Lipinski definition) is 2. The first kappa shape index (κ1) is 17.1. The van der Waals surface area contributed by atoms with Crippen LogP contribution in [0.5, 0.6) is 11.5 Å². The molecule has 3 rings (SSSR count). The average Bonchev–Trinajstić information content (AvgIpc) is 2.97. The van der Waals surface area contributed by atoms with E-state index in [4.69, 9.17) is 9.47 Å². The number of aromatic amines is 1. The quantitative estimate of drug-likeness (QED) is 0.791. The fourth-order valence-corrected chi connectivity index (χ4v) is 3.15. The maximum Gasteiger partial charge on any atom is 0.268 e. The molecule has 2 N–H and O–H groups in total. The van der Waals surface area contributed by atoms with E-state index in [1.807, 2.05) is 31.2 Å². The third kappa shape index (κ3) is 3.52. The van der Waals surface area contributed by atoms with Crippen molar-refractivity contribution in [1.29, 1.82) is 0 Å². The second-order valence-electron chi connectivity index (χ2n) is 6.01. The number of para-hydroxylation sites is 2. The smallest absolute Gasteiger partial charge is 0.268 e. The minimum Gasteiger partial charge on any atom is -0.493 e. The topological polar surface area (TPSA) is 80.4 Å². The van der Waals surface area contributed by atoms with Crippen LogP contribution in [0.2, 0.25) is 0 Å². The number of nitrogens with one attached hydrogen (secondary N) is 2. The van der Waals surface area contributed by atoms with Crippen LogP contribution in [0, 0.1) is 6.92 Å². The van der Waals surface area contributed by atoms with Crippen molar-refractivity contribution >= 4 is 11.7 Å². The standard InChI is InChI=1S/C19H22N2O4/c1-12-17-13(6-5-7-14(17)22)21-18(12)19(23)20-10-11-25-16-9-4-3-8-15(16)24-2/h3-4,8-9,21H,5-7,10-11H2,1-2H3,(H,20,23). The Hall–Kier alpha value is -2.76. The summed E-state index contributed by atoms with van der Waals surface area (Å²) >= 11 is 0. The van der Waals surface area contributed by atoms with Crippen LogP contribution in [-0.2, 0) is 6.42 Å². The van der Waals surface area contributed by atoms with E-state index in [0.29, 0.717) is 42.3 Å². The van der Waals surface area contributed by atoms with Crippen molar-refractivity contribution in [1.82, 2.24) is 10.3 Å². The van der Waals surface area contributed by atoms with E-state index in [2.05, 4.69) is 10.3 Å². The lowest BCUT2D eigenvalue weighted by molar-refractivity contribution is 0.0941. The van der Waals surface area contributed by atoms with Gasteiger partial charge in [0.25, 0.3) is 5.91 Å². The number of aryl methyl sites for hydroxylation is 1. The van der Waals surface area contributed by atoms with Gasteiger partial charge in [0.2, 0.25) is 0 Å². The van der Waals surface area contributed by atoms with Gasteiger partial charge in [-0.05, 0) is 37.5 Å². The molecule has 0 spiro atoms. The van der Waals surface area contributed by atoms with Crippen LogP contribution < -0.4 is 14.8 Å². The maximum atomic E-state index is 12.4. The van der Waals surface area contributed by atoms with E-state index in [1.165, 1.54) is 0 Å². The molecule has 1 aliphatic carbocycles. The molecule has 1 heterocycles. The Kier molecular flexibility index (Phi) is 5.07. The molecule has 0 aliphatic heterocycles. The number of fused-ring (bicyclic) bond motifs is 1. The number of hydrogen-bond acceptors (Lipinski definition) is 4. The number of carbonyl (C=O) groups excluding carboxylic acids is 2. The Morgan fingerprint density at radius 1 is 1.24 bits per heavy atom. The molecule has 0 unspecified atom stereocenters. The number of ether oxygens (including phenoxy) is 2. The number of ketones is 1. The number of H-pyrrole nitrogens is 1. The largest absolute Gasteiger partial charge is 0.493 e. The van der Waals surface area contributed by atoms with E-state index < -0.39 is 0 Å². The molecule has 0 radical (unpaired) electrons. The lowest BCUT2D eigenvalue weighted by Crippen LogP contribution is -2.29. The molecule has 1 amide bonds. The summed E-state index contributed by atoms with van der Waals surface area (Å²) in [7, 11) is 1.58. The Bertz CT molecular complexity index is 795. The summed E-state index contributed by atoms with van der Waals surface area (Å²) in [6.07, 6.45) is 2.20. The van der Waals surface area contributed by atoms with Crippen molar-refractivity contribution in [2.75, 3.05) is 20.3 Å². The number of carbonyl (C=O) groups is 2. The molecule has 1 aliphatic rings. The summed E-state index contributed by atoms with van der Waals surface area (Å²) in [5.74, 6) is 1.19. The summed E-state index contributed by atoms with van der Waals surface area (Å²) in [6, 6.07) is 7.36. The number of methoxy groups -OCH3 is 1. The Morgan fingerprint density at radius 2 is 2.00 bits per heavy atom. The van der Waals surface area contributed by atoms with Gasteiger partial charge < -0.3 is 19.8 Å². The molecule has 0 bridgehead atoms. The molecular weight excluding hydrogens is 320 g/mol. The molecule has 6 nitrogen and oxygen atoms in total. The molecule has 2 aromatic rings. The van der Waals surface area contributed by atoms with Crippen molar-refractivity contribution in [3.05, 3.63) is 46.8 Å². The van der Waals surface area contributed by atoms with Crippen molar-refractivity contribution in [3.63, 3.8) is 0 Å². The van der Waals surface area contributed by atoms with E-state index in [0.717, 1.165) is 24.1 Å². The van der Waals surface area contributed by atoms with Gasteiger partial charge in [-0.2, -0.15) is 0 Å². The lowest BCUT2D eigenvalue weighted by Gasteiger charge is -2.10. The summed E-state index contributed by atoms with van der Waals surface area (Å²) in [5.41, 5.74) is 2.78. The Labute approximate surface area is 146 Å². The zero-order chi connectivity index (χ0) is 17.8. The van der Waals surface area contributed by atoms with Crippen LogP contribution in [0.1, 0.15) is 44.9 Å². The van der Waals surface area contributed by atoms with Gasteiger partial charge in [-0.15, -0.1) is 0 Å². The molecule has 0 atom stereocenters. The number of Topliss-reactive ketones (excluding diaryl/α,β-unsaturated/α-hetero) is 1. The first-order valence-corrected chi connectivity index (χ1v) is 8.40. The predicted octanol–water partition coefficient (Wildman–Crippen LogP) is 2.66. The van der Waals surface area contributed by atoms with Crippen molar-refractivity contribution in [3.8, 4) is 11.5 Å². The highest BCUT2D eigenvalue weighted by Gasteiger charge is 2.26. The van der Waals surface area contributed by atoms with Gasteiger partial charge >= 0.3 is 0 Å². The highest BCUT2D eigenvalue weighted by Crippen LogP contribution is 2.27. The molecular formula is C19H22N2O4. The zero-order valence-corrected chi connectivity index (χ0v) is 14.5. The van der Waals surface area contributed by atoms with Crippen LogP contribution in [0.15, 0.2) is 24.3 Å². The zero-order valence-electron chi connectivity index (χ0n) is 14.5. The lowest BCUT2D eigenvalue weighted by atomic mass is 9.94. The molecule has 1 aromatic heterocycles. The number of benzene rings is 1. The summed E-state index contributed by atoms with van der Waals surface area (Å²) in [5, 5.41) is 2.82. The molecule has 132 valence electrons. The number of aromatic nitrogens is 1. The van der Waals surface area contributed by atoms with Crippen LogP contribution in [-0.4, -0.2) is 36.9 Å². The van der Waals surface area contributed by atoms with Crippen LogP contribution in [0.4, 0.5) is 0 Å². The van der Waals surface area contributed by atoms with Crippen LogP contribution in [0.3, 0.4) is 0 Å². The van der Waals surface area contributed by atoms with E-state index >= 15 is 0 Å². The van der Waals surface area contributed by atoms with Crippen molar-refractivity contribution < 1.29 is 19.1 Å². The minimum atomic E-state index is -0.219. The fraction of sp³-hybridized carbons (Fsp3) is 0.368. The van der Waals surface area contributed by atoms with Gasteiger partial charge in [0.15, 0.2) is 17.3 Å². The molecule has 0 saturated carbocycles. The minimum absolute atomic E-state index is 0.119. The second kappa shape index (κ2) is 7.42. The molecule has 0 fully saturated rings. The van der Waals surface area contributed by atoms with E-state index in [-0.39, 0.29) is 11.7 Å². The van der Waals surface area contributed by atoms with Gasteiger partial charge in [0, 0.05) is 17.7 Å². The SMILES string of the molecule is COc1ccccc1OCCNC(=O)c1[nH]c2c(c1C)C(=O)CCC2. The molecule has 6 heteroatoms. The maximum absolute atomic E-state index is 12.4. The van der Waals surface area contributed by atoms with Gasteiger partial charge in [0.05, 0.1) is 13.7 Å². The van der Waals surface area contributed by atoms with E-state index in [1.54, 1.807) is 7.11 Å². The molecule has 0 saturated heterocycles. The molecule has 1 aromatic carbocycles. The summed E-state index contributed by atoms with van der Waals surface area (Å²) in [4.78, 5) is 27.5. The van der Waals surface area contributed by atoms with Crippen LogP contribution >= 0.6 is 0 Å². The predicted molar refractivity (Wildman–Crippen MR) is 93.6 cm³/mol. The highest BCUT2D eigenvalue weighted by atomic mass is 16.5. The average molecular weight is 342 g/mol. The van der Waals surface area contributed by atoms with Gasteiger partial charge in [-0.1, -0.05) is 12.1 Å². The first-order valence-electron chi connectivity index (χ1n) is 8.40. The Morgan fingerprint density at radius 3 is 2.72 bits per heavy atom. The van der Waals surface area contributed by atoms with Gasteiger partial charge in [-0.3, -0.25) is 9.59 Å². The van der Waals surface area contributed by atoms with E-state index in [9.17, 15) is 9.59 Å². The van der Waals surface area contributed by atoms with Crippen molar-refractivity contribution in [2.45, 2.75) is 26.2 Å². The first-order chi connectivity index (χ1) is 12.1. The number of rotatable bonds is 6. The second-order valence-corrected chi connectivity index (χ2v) is 6.01. The Balaban J connectivity index is 1.58. The summed E-state index contributed by atoms with van der Waals surface area (Å²) < 4.78 is 10.9. The highest BCUT2D eigenvalue weighted by molar-refractivity contribution is 6.04. The van der Waals surface area contributed by atoms with Crippen molar-refractivity contribution in [2.24, 2.45) is 0 Å². The normalized spacial score (nSPS) is 13.3.